The van der Waals surface area contributed by atoms with Crippen LogP contribution in [0, 0.1) is 5.92 Å². The van der Waals surface area contributed by atoms with Crippen molar-refractivity contribution < 1.29 is 19.1 Å². The van der Waals surface area contributed by atoms with Gasteiger partial charge in [0, 0.05) is 19.4 Å². The number of hydrogen-bond acceptors (Lipinski definition) is 5. The monoisotopic (exact) mass is 656 g/mol. The fraction of sp³-hybridized carbons (Fsp3) is 0.762. The largest absolute Gasteiger partial charge is 0.458 e. The van der Waals surface area contributed by atoms with E-state index in [0.29, 0.717) is 12.8 Å². The summed E-state index contributed by atoms with van der Waals surface area (Å²) in [5.41, 5.74) is 0. The van der Waals surface area contributed by atoms with Crippen LogP contribution in [0.15, 0.2) is 48.6 Å². The van der Waals surface area contributed by atoms with Crippen LogP contribution in [0.2, 0.25) is 0 Å². The molecule has 0 aromatic rings. The van der Waals surface area contributed by atoms with Crippen LogP contribution < -0.4 is 0 Å². The molecule has 1 aliphatic rings. The van der Waals surface area contributed by atoms with E-state index < -0.39 is 0 Å². The van der Waals surface area contributed by atoms with Gasteiger partial charge in [-0.2, -0.15) is 0 Å². The van der Waals surface area contributed by atoms with E-state index in [2.05, 4.69) is 67.4 Å². The van der Waals surface area contributed by atoms with Crippen molar-refractivity contribution in [3.63, 3.8) is 0 Å². The van der Waals surface area contributed by atoms with Crippen molar-refractivity contribution in [1.29, 1.82) is 0 Å². The van der Waals surface area contributed by atoms with E-state index in [1.165, 1.54) is 77.0 Å². The smallest absolute Gasteiger partial charge is 0.306 e. The molecule has 0 aromatic carbocycles. The lowest BCUT2D eigenvalue weighted by molar-refractivity contribution is -0.152. The number of rotatable bonds is 32. The number of unbranched alkanes of at least 4 members (excludes halogenated alkanes) is 16. The van der Waals surface area contributed by atoms with Crippen molar-refractivity contribution in [2.45, 2.75) is 180 Å². The van der Waals surface area contributed by atoms with Crippen LogP contribution in [-0.2, 0) is 19.1 Å². The molecule has 1 saturated carbocycles. The first-order chi connectivity index (χ1) is 23.0. The molecule has 0 aromatic heterocycles. The summed E-state index contributed by atoms with van der Waals surface area (Å²) in [6.07, 6.45) is 44.2. The van der Waals surface area contributed by atoms with Gasteiger partial charge in [0.15, 0.2) is 0 Å². The molecule has 5 heteroatoms. The summed E-state index contributed by atoms with van der Waals surface area (Å²) in [7, 11) is 4.00. The summed E-state index contributed by atoms with van der Waals surface area (Å²) < 4.78 is 11.5. The predicted molar refractivity (Wildman–Crippen MR) is 201 cm³/mol. The average Bonchev–Trinajstić information content (AvgIpc) is 3.67. The zero-order chi connectivity index (χ0) is 34.2. The molecule has 1 rings (SSSR count). The molecule has 0 saturated heterocycles. The third-order valence-electron chi connectivity index (χ3n) is 8.80. The number of carbonyl (C=O) groups is 2. The molecule has 5 nitrogen and oxygen atoms in total. The summed E-state index contributed by atoms with van der Waals surface area (Å²) in [4.78, 5) is 27.1. The highest BCUT2D eigenvalue weighted by Gasteiger charge is 2.56. The van der Waals surface area contributed by atoms with Crippen molar-refractivity contribution >= 4 is 11.9 Å². The molecule has 0 radical (unpaired) electrons. The molecule has 1 aliphatic carbocycles. The minimum atomic E-state index is -0.295. The average molecular weight is 656 g/mol. The van der Waals surface area contributed by atoms with Gasteiger partial charge in [-0.15, -0.1) is 0 Å². The van der Waals surface area contributed by atoms with E-state index >= 15 is 0 Å². The minimum absolute atomic E-state index is 0.0760. The van der Waals surface area contributed by atoms with Crippen LogP contribution in [-0.4, -0.2) is 49.7 Å². The Balaban J connectivity index is 2.08. The lowest BCUT2D eigenvalue weighted by atomic mass is 10.1. The fourth-order valence-electron chi connectivity index (χ4n) is 5.83. The van der Waals surface area contributed by atoms with Gasteiger partial charge in [0.25, 0.3) is 0 Å². The number of ether oxygens (including phenoxy) is 2. The molecule has 47 heavy (non-hydrogen) atoms. The maximum absolute atomic E-state index is 12.5. The molecule has 3 atom stereocenters. The van der Waals surface area contributed by atoms with E-state index in [-0.39, 0.29) is 30.1 Å². The Bertz CT molecular complexity index is 808. The molecule has 0 spiro atoms. The first-order valence-corrected chi connectivity index (χ1v) is 19.6. The highest BCUT2D eigenvalue weighted by atomic mass is 16.6. The summed E-state index contributed by atoms with van der Waals surface area (Å²) in [6, 6.07) is 0. The molecule has 1 fully saturated rings. The second-order valence-corrected chi connectivity index (χ2v) is 13.8. The topological polar surface area (TPSA) is 55.8 Å². The van der Waals surface area contributed by atoms with E-state index in [0.717, 1.165) is 70.8 Å². The van der Waals surface area contributed by atoms with Gasteiger partial charge in [-0.05, 0) is 91.1 Å². The Morgan fingerprint density at radius 1 is 0.489 bits per heavy atom. The molecule has 0 aliphatic heterocycles. The molecule has 0 amide bonds. The standard InChI is InChI=1S/C42H73NO4/c1-5-7-9-11-13-15-17-19-21-23-25-27-29-31-33-35-39(44)46-41-38(37-43(3)4)42(41)47-40(45)36-34-32-30-28-26-24-22-20-18-16-14-12-10-8-6-2/h13-16,19-22,38,41-42H,5-12,17-18,23-37H2,1-4H3/b15-13-,16-14-,21-19-,22-20-/t38-,41-,42?/m1/s1. The van der Waals surface area contributed by atoms with Gasteiger partial charge in [0.1, 0.15) is 12.2 Å². The summed E-state index contributed by atoms with van der Waals surface area (Å²) in [6.45, 7) is 5.24. The lowest BCUT2D eigenvalue weighted by Crippen LogP contribution is -2.18. The van der Waals surface area contributed by atoms with Crippen LogP contribution in [0.1, 0.15) is 168 Å². The Morgan fingerprint density at radius 3 is 1.19 bits per heavy atom. The Labute approximate surface area is 290 Å². The first kappa shape index (κ1) is 42.9. The molecule has 0 heterocycles. The minimum Gasteiger partial charge on any atom is -0.458 e. The van der Waals surface area contributed by atoms with E-state index in [1.54, 1.807) is 0 Å². The van der Waals surface area contributed by atoms with Gasteiger partial charge < -0.3 is 14.4 Å². The van der Waals surface area contributed by atoms with Gasteiger partial charge in [-0.25, -0.2) is 0 Å². The van der Waals surface area contributed by atoms with Crippen LogP contribution in [0.4, 0.5) is 0 Å². The van der Waals surface area contributed by atoms with Gasteiger partial charge in [0.05, 0.1) is 5.92 Å². The van der Waals surface area contributed by atoms with Gasteiger partial charge >= 0.3 is 11.9 Å². The first-order valence-electron chi connectivity index (χ1n) is 19.6. The number of nitrogens with zero attached hydrogens (tertiary/aromatic N) is 1. The molecule has 270 valence electrons. The molecule has 0 N–H and O–H groups in total. The highest BCUT2D eigenvalue weighted by molar-refractivity contribution is 5.71. The maximum atomic E-state index is 12.5. The number of carbonyl (C=O) groups excluding carboxylic acids is 2. The van der Waals surface area contributed by atoms with E-state index in [4.69, 9.17) is 9.47 Å². The number of allylic oxidation sites excluding steroid dienone is 8. The molecule has 0 bridgehead atoms. The summed E-state index contributed by atoms with van der Waals surface area (Å²) in [5.74, 6) is -0.236. The number of hydrogen-bond donors (Lipinski definition) is 0. The fourth-order valence-corrected chi connectivity index (χ4v) is 5.83. The van der Waals surface area contributed by atoms with E-state index in [1.807, 2.05) is 14.1 Å². The maximum Gasteiger partial charge on any atom is 0.306 e. The lowest BCUT2D eigenvalue weighted by Gasteiger charge is -2.08. The molecular formula is C42H73NO4. The summed E-state index contributed by atoms with van der Waals surface area (Å²) >= 11 is 0. The van der Waals surface area contributed by atoms with Crippen molar-refractivity contribution in [3.8, 4) is 0 Å². The quantitative estimate of drug-likeness (QED) is 0.0410. The van der Waals surface area contributed by atoms with Gasteiger partial charge in [-0.3, -0.25) is 9.59 Å². The summed E-state index contributed by atoms with van der Waals surface area (Å²) in [5, 5.41) is 0. The highest BCUT2D eigenvalue weighted by Crippen LogP contribution is 2.39. The SMILES string of the molecule is CCCCC/C=C\C/C=C\CCCCCCCC(=O)OC1[C@H](CN(C)C)[C@H]1OC(=O)CCCCCCC/C=C\C/C=C\CCCCC. The van der Waals surface area contributed by atoms with Crippen LogP contribution >= 0.6 is 0 Å². The Morgan fingerprint density at radius 2 is 0.830 bits per heavy atom. The molecular weight excluding hydrogens is 582 g/mol. The third kappa shape index (κ3) is 26.5. The number of esters is 2. The zero-order valence-corrected chi connectivity index (χ0v) is 31.1. The van der Waals surface area contributed by atoms with Crippen LogP contribution in [0.25, 0.3) is 0 Å². The van der Waals surface area contributed by atoms with Crippen molar-refractivity contribution in [3.05, 3.63) is 48.6 Å². The zero-order valence-electron chi connectivity index (χ0n) is 31.1. The van der Waals surface area contributed by atoms with Crippen molar-refractivity contribution in [1.82, 2.24) is 4.90 Å². The third-order valence-corrected chi connectivity index (χ3v) is 8.80. The second kappa shape index (κ2) is 31.1. The second-order valence-electron chi connectivity index (χ2n) is 13.8. The van der Waals surface area contributed by atoms with Crippen LogP contribution in [0.5, 0.6) is 0 Å². The Kier molecular flexibility index (Phi) is 28.4. The Hall–Kier alpha value is -2.14. The molecule has 1 unspecified atom stereocenters. The van der Waals surface area contributed by atoms with Gasteiger partial charge in [0.2, 0.25) is 0 Å². The normalized spacial score (nSPS) is 18.0. The van der Waals surface area contributed by atoms with Gasteiger partial charge in [-0.1, -0.05) is 127 Å². The predicted octanol–water partition coefficient (Wildman–Crippen LogP) is 11.6. The van der Waals surface area contributed by atoms with Crippen LogP contribution in [0.3, 0.4) is 0 Å². The van der Waals surface area contributed by atoms with Crippen molar-refractivity contribution in [2.24, 2.45) is 5.92 Å². The van der Waals surface area contributed by atoms with E-state index in [9.17, 15) is 9.59 Å². The van der Waals surface area contributed by atoms with Crippen molar-refractivity contribution in [2.75, 3.05) is 20.6 Å².